The smallest absolute Gasteiger partial charge is 0.258 e. The molecule has 0 aromatic heterocycles. The Labute approximate surface area is 169 Å². The minimum atomic E-state index is -0.362. The van der Waals surface area contributed by atoms with Crippen molar-refractivity contribution in [1.29, 1.82) is 0 Å². The Morgan fingerprint density at radius 3 is 2.48 bits per heavy atom. The number of carbonyl (C=O) groups is 3. The SMILES string of the molecule is O=C(CNC(=O)COc1ccccc1)NCc1ccc(N2CCNC(=O)C2)cc1. The van der Waals surface area contributed by atoms with Crippen LogP contribution in [0.4, 0.5) is 5.69 Å². The van der Waals surface area contributed by atoms with Gasteiger partial charge in [-0.1, -0.05) is 30.3 Å². The standard InChI is InChI=1S/C21H24N4O4/c26-19(13-24-21(28)15-29-18-4-2-1-3-5-18)23-12-16-6-8-17(9-7-16)25-11-10-22-20(27)14-25/h1-9H,10-15H2,(H,22,27)(H,23,26)(H,24,28). The number of rotatable bonds is 8. The maximum Gasteiger partial charge on any atom is 0.258 e. The Morgan fingerprint density at radius 2 is 1.76 bits per heavy atom. The number of nitrogens with zero attached hydrogens (tertiary/aromatic N) is 1. The fourth-order valence-electron chi connectivity index (χ4n) is 2.84. The van der Waals surface area contributed by atoms with E-state index in [1.54, 1.807) is 12.1 Å². The number of hydrogen-bond donors (Lipinski definition) is 3. The van der Waals surface area contributed by atoms with Crippen LogP contribution < -0.4 is 25.6 Å². The Morgan fingerprint density at radius 1 is 1.00 bits per heavy atom. The lowest BCUT2D eigenvalue weighted by Gasteiger charge is -2.28. The molecular weight excluding hydrogens is 372 g/mol. The summed E-state index contributed by atoms with van der Waals surface area (Å²) in [5.74, 6) is -0.0294. The number of piperazine rings is 1. The lowest BCUT2D eigenvalue weighted by Crippen LogP contribution is -2.47. The van der Waals surface area contributed by atoms with Crippen molar-refractivity contribution in [2.24, 2.45) is 0 Å². The van der Waals surface area contributed by atoms with Gasteiger partial charge >= 0.3 is 0 Å². The van der Waals surface area contributed by atoms with Crippen molar-refractivity contribution in [3.05, 3.63) is 60.2 Å². The highest BCUT2D eigenvalue weighted by molar-refractivity contribution is 5.85. The summed E-state index contributed by atoms with van der Waals surface area (Å²) in [6.45, 7) is 1.86. The first kappa shape index (κ1) is 20.2. The number of hydrogen-bond acceptors (Lipinski definition) is 5. The molecule has 0 saturated carbocycles. The third-order valence-electron chi connectivity index (χ3n) is 4.39. The van der Waals surface area contributed by atoms with E-state index in [2.05, 4.69) is 16.0 Å². The van der Waals surface area contributed by atoms with Crippen LogP contribution in [0.15, 0.2) is 54.6 Å². The van der Waals surface area contributed by atoms with Gasteiger partial charge in [0.1, 0.15) is 5.75 Å². The van der Waals surface area contributed by atoms with Crippen molar-refractivity contribution < 1.29 is 19.1 Å². The molecule has 3 amide bonds. The zero-order valence-electron chi connectivity index (χ0n) is 16.0. The molecular formula is C21H24N4O4. The van der Waals surface area contributed by atoms with Crippen LogP contribution in [0.5, 0.6) is 5.75 Å². The van der Waals surface area contributed by atoms with Gasteiger partial charge in [-0.2, -0.15) is 0 Å². The molecule has 2 aromatic carbocycles. The highest BCUT2D eigenvalue weighted by Crippen LogP contribution is 2.16. The number of ether oxygens (including phenoxy) is 1. The number of para-hydroxylation sites is 1. The van der Waals surface area contributed by atoms with Crippen LogP contribution in [-0.4, -0.2) is 50.5 Å². The summed E-state index contributed by atoms with van der Waals surface area (Å²) in [7, 11) is 0. The third kappa shape index (κ3) is 6.53. The first-order chi connectivity index (χ1) is 14.1. The van der Waals surface area contributed by atoms with Gasteiger partial charge in [0.15, 0.2) is 6.61 Å². The molecule has 1 aliphatic rings. The van der Waals surface area contributed by atoms with Crippen LogP contribution in [0.3, 0.4) is 0 Å². The van der Waals surface area contributed by atoms with Gasteiger partial charge in [-0.3, -0.25) is 14.4 Å². The number of amides is 3. The summed E-state index contributed by atoms with van der Waals surface area (Å²) in [6, 6.07) is 16.7. The third-order valence-corrected chi connectivity index (χ3v) is 4.39. The van der Waals surface area contributed by atoms with Crippen molar-refractivity contribution in [3.8, 4) is 5.75 Å². The quantitative estimate of drug-likeness (QED) is 0.601. The molecule has 1 saturated heterocycles. The average molecular weight is 396 g/mol. The van der Waals surface area contributed by atoms with Crippen LogP contribution in [0.25, 0.3) is 0 Å². The van der Waals surface area contributed by atoms with E-state index in [9.17, 15) is 14.4 Å². The molecule has 8 heteroatoms. The summed E-state index contributed by atoms with van der Waals surface area (Å²) in [6.07, 6.45) is 0. The van der Waals surface area contributed by atoms with Gasteiger partial charge in [0, 0.05) is 25.3 Å². The second-order valence-corrected chi connectivity index (χ2v) is 6.59. The molecule has 3 N–H and O–H groups in total. The second kappa shape index (κ2) is 10.1. The maximum absolute atomic E-state index is 11.9. The molecule has 2 aromatic rings. The maximum atomic E-state index is 11.9. The van der Waals surface area contributed by atoms with E-state index < -0.39 is 0 Å². The Bertz CT molecular complexity index is 840. The monoisotopic (exact) mass is 396 g/mol. The molecule has 8 nitrogen and oxygen atoms in total. The largest absolute Gasteiger partial charge is 0.484 e. The van der Waals surface area contributed by atoms with Crippen LogP contribution in [0.1, 0.15) is 5.56 Å². The fraction of sp³-hybridized carbons (Fsp3) is 0.286. The van der Waals surface area contributed by atoms with Gasteiger partial charge in [-0.05, 0) is 29.8 Å². The van der Waals surface area contributed by atoms with E-state index in [-0.39, 0.29) is 30.9 Å². The minimum absolute atomic E-state index is 0.0174. The number of carbonyl (C=O) groups excluding carboxylic acids is 3. The van der Waals surface area contributed by atoms with Crippen molar-refractivity contribution in [1.82, 2.24) is 16.0 Å². The average Bonchev–Trinajstić information content (AvgIpc) is 2.76. The van der Waals surface area contributed by atoms with Crippen LogP contribution in [0, 0.1) is 0 Å². The molecule has 152 valence electrons. The lowest BCUT2D eigenvalue weighted by molar-refractivity contribution is -0.127. The minimum Gasteiger partial charge on any atom is -0.484 e. The summed E-state index contributed by atoms with van der Waals surface area (Å²) >= 11 is 0. The molecule has 1 fully saturated rings. The molecule has 1 heterocycles. The van der Waals surface area contributed by atoms with Gasteiger partial charge in [0.25, 0.3) is 5.91 Å². The molecule has 0 radical (unpaired) electrons. The Balaban J connectivity index is 1.35. The first-order valence-electron chi connectivity index (χ1n) is 9.42. The zero-order chi connectivity index (χ0) is 20.5. The van der Waals surface area contributed by atoms with Gasteiger partial charge in [0.05, 0.1) is 13.1 Å². The number of nitrogens with one attached hydrogen (secondary N) is 3. The number of benzene rings is 2. The van der Waals surface area contributed by atoms with E-state index in [0.717, 1.165) is 17.8 Å². The Kier molecular flexibility index (Phi) is 7.05. The Hall–Kier alpha value is -3.55. The van der Waals surface area contributed by atoms with E-state index in [4.69, 9.17) is 4.74 Å². The van der Waals surface area contributed by atoms with Gasteiger partial charge in [-0.25, -0.2) is 0 Å². The summed E-state index contributed by atoms with van der Waals surface area (Å²) in [4.78, 5) is 37.2. The predicted molar refractivity (Wildman–Crippen MR) is 108 cm³/mol. The highest BCUT2D eigenvalue weighted by Gasteiger charge is 2.16. The van der Waals surface area contributed by atoms with E-state index >= 15 is 0 Å². The topological polar surface area (TPSA) is 99.8 Å². The molecule has 3 rings (SSSR count). The summed E-state index contributed by atoms with van der Waals surface area (Å²) in [5, 5.41) is 8.08. The normalized spacial score (nSPS) is 13.4. The van der Waals surface area contributed by atoms with Gasteiger partial charge < -0.3 is 25.6 Å². The van der Waals surface area contributed by atoms with Gasteiger partial charge in [-0.15, -0.1) is 0 Å². The van der Waals surface area contributed by atoms with Crippen molar-refractivity contribution in [2.75, 3.05) is 37.7 Å². The second-order valence-electron chi connectivity index (χ2n) is 6.59. The van der Waals surface area contributed by atoms with Crippen LogP contribution >= 0.6 is 0 Å². The van der Waals surface area contributed by atoms with Crippen LogP contribution in [-0.2, 0) is 20.9 Å². The zero-order valence-corrected chi connectivity index (χ0v) is 16.0. The molecule has 0 atom stereocenters. The fourth-order valence-corrected chi connectivity index (χ4v) is 2.84. The lowest BCUT2D eigenvalue weighted by atomic mass is 10.2. The summed E-state index contributed by atoms with van der Waals surface area (Å²) < 4.78 is 5.32. The van der Waals surface area contributed by atoms with Gasteiger partial charge in [0.2, 0.25) is 11.8 Å². The first-order valence-corrected chi connectivity index (χ1v) is 9.42. The molecule has 0 spiro atoms. The molecule has 0 unspecified atom stereocenters. The van der Waals surface area contributed by atoms with Crippen molar-refractivity contribution >= 4 is 23.4 Å². The summed E-state index contributed by atoms with van der Waals surface area (Å²) in [5.41, 5.74) is 1.91. The predicted octanol–water partition coefficient (Wildman–Crippen LogP) is 0.434. The van der Waals surface area contributed by atoms with Crippen molar-refractivity contribution in [3.63, 3.8) is 0 Å². The van der Waals surface area contributed by atoms with E-state index in [0.29, 0.717) is 25.4 Å². The molecule has 29 heavy (non-hydrogen) atoms. The van der Waals surface area contributed by atoms with E-state index in [1.807, 2.05) is 47.4 Å². The van der Waals surface area contributed by atoms with E-state index in [1.165, 1.54) is 0 Å². The number of anilines is 1. The highest BCUT2D eigenvalue weighted by atomic mass is 16.5. The van der Waals surface area contributed by atoms with Crippen molar-refractivity contribution in [2.45, 2.75) is 6.54 Å². The molecule has 0 aliphatic carbocycles. The molecule has 0 bridgehead atoms. The molecule has 1 aliphatic heterocycles. The van der Waals surface area contributed by atoms with Crippen LogP contribution in [0.2, 0.25) is 0 Å².